The van der Waals surface area contributed by atoms with Crippen molar-refractivity contribution in [2.45, 2.75) is 12.8 Å². The summed E-state index contributed by atoms with van der Waals surface area (Å²) in [7, 11) is -3.25. The van der Waals surface area contributed by atoms with Crippen molar-refractivity contribution in [2.75, 3.05) is 39.0 Å². The lowest BCUT2D eigenvalue weighted by Gasteiger charge is -2.26. The van der Waals surface area contributed by atoms with Crippen LogP contribution in [0.4, 0.5) is 0 Å². The van der Waals surface area contributed by atoms with E-state index in [1.165, 1.54) is 16.1 Å². The molecule has 0 radical (unpaired) electrons. The van der Waals surface area contributed by atoms with Crippen LogP contribution in [0.5, 0.6) is 0 Å². The number of nitrogens with zero attached hydrogens (tertiary/aromatic N) is 1. The Balaban J connectivity index is 1.55. The minimum Gasteiger partial charge on any atom is -0.356 e. The zero-order chi connectivity index (χ0) is 17.2. The second-order valence-electron chi connectivity index (χ2n) is 6.88. The second kappa shape index (κ2) is 6.82. The number of aryl methyl sites for hydroxylation is 1. The van der Waals surface area contributed by atoms with Gasteiger partial charge in [-0.2, -0.15) is 0 Å². The van der Waals surface area contributed by atoms with Crippen LogP contribution < -0.4 is 10.6 Å². The van der Waals surface area contributed by atoms with E-state index in [1.54, 1.807) is 0 Å². The van der Waals surface area contributed by atoms with Gasteiger partial charge < -0.3 is 10.6 Å². The molecular weight excluding hydrogens is 326 g/mol. The number of hydrogen-bond donors (Lipinski definition) is 2. The van der Waals surface area contributed by atoms with Gasteiger partial charge in [-0.25, -0.2) is 12.7 Å². The third-order valence-corrected chi connectivity index (χ3v) is 6.40. The first-order valence-electron chi connectivity index (χ1n) is 8.40. The summed E-state index contributed by atoms with van der Waals surface area (Å²) in [5.41, 5.74) is 0.643. The number of fused-ring (bicyclic) bond motifs is 1. The van der Waals surface area contributed by atoms with Crippen molar-refractivity contribution < 1.29 is 13.2 Å². The summed E-state index contributed by atoms with van der Waals surface area (Å²) in [6.45, 7) is 2.58. The van der Waals surface area contributed by atoms with E-state index < -0.39 is 15.4 Å². The fraction of sp³-hybridized carbons (Fsp3) is 0.588. The molecule has 7 heteroatoms. The molecule has 0 aliphatic carbocycles. The maximum Gasteiger partial charge on any atom is 0.229 e. The minimum absolute atomic E-state index is 0.0169. The molecule has 2 N–H and O–H groups in total. The van der Waals surface area contributed by atoms with E-state index >= 15 is 0 Å². The summed E-state index contributed by atoms with van der Waals surface area (Å²) in [5, 5.41) is 6.28. The summed E-state index contributed by atoms with van der Waals surface area (Å²) >= 11 is 0. The van der Waals surface area contributed by atoms with Gasteiger partial charge in [0.25, 0.3) is 0 Å². The van der Waals surface area contributed by atoms with Crippen LogP contribution in [0.3, 0.4) is 0 Å². The molecule has 1 amide bonds. The van der Waals surface area contributed by atoms with Crippen LogP contribution in [0, 0.1) is 11.3 Å². The summed E-state index contributed by atoms with van der Waals surface area (Å²) in [4.78, 5) is 12.8. The standard InChI is InChI=1S/C17H25N3O3S/c1-24(22,23)20-11-15-10-18-12-17(15,13-20)16(21)19-9-5-8-14-6-3-2-4-7-14/h2-4,6-7,15,18H,5,8-13H2,1H3,(H,19,21)/t15-,17-/m1/s1. The Morgan fingerprint density at radius 2 is 2.12 bits per heavy atom. The highest BCUT2D eigenvalue weighted by molar-refractivity contribution is 7.88. The number of carbonyl (C=O) groups is 1. The number of benzene rings is 1. The molecule has 2 heterocycles. The first-order valence-corrected chi connectivity index (χ1v) is 10.2. The lowest BCUT2D eigenvalue weighted by Crippen LogP contribution is -2.48. The molecule has 2 saturated heterocycles. The molecule has 6 nitrogen and oxygen atoms in total. The Hall–Kier alpha value is -1.44. The Labute approximate surface area is 143 Å². The average molecular weight is 351 g/mol. The van der Waals surface area contributed by atoms with E-state index in [0.29, 0.717) is 26.2 Å². The first kappa shape index (κ1) is 17.4. The Bertz CT molecular complexity index is 692. The number of nitrogens with one attached hydrogen (secondary N) is 2. The van der Waals surface area contributed by atoms with Gasteiger partial charge in [-0.3, -0.25) is 4.79 Å². The third-order valence-electron chi connectivity index (χ3n) is 5.19. The van der Waals surface area contributed by atoms with Gasteiger partial charge in [0.15, 0.2) is 0 Å². The molecule has 132 valence electrons. The van der Waals surface area contributed by atoms with Crippen molar-refractivity contribution in [3.63, 3.8) is 0 Å². The first-order chi connectivity index (χ1) is 11.4. The van der Waals surface area contributed by atoms with Gasteiger partial charge in [-0.05, 0) is 18.4 Å². The van der Waals surface area contributed by atoms with Crippen LogP contribution >= 0.6 is 0 Å². The van der Waals surface area contributed by atoms with E-state index in [2.05, 4.69) is 22.8 Å². The number of rotatable bonds is 6. The van der Waals surface area contributed by atoms with E-state index in [9.17, 15) is 13.2 Å². The van der Waals surface area contributed by atoms with Crippen molar-refractivity contribution in [1.29, 1.82) is 0 Å². The van der Waals surface area contributed by atoms with Crippen molar-refractivity contribution >= 4 is 15.9 Å². The molecule has 2 atom stereocenters. The van der Waals surface area contributed by atoms with Crippen molar-refractivity contribution in [1.82, 2.24) is 14.9 Å². The van der Waals surface area contributed by atoms with Gasteiger partial charge in [0.1, 0.15) is 0 Å². The van der Waals surface area contributed by atoms with Crippen LogP contribution in [0.25, 0.3) is 0 Å². The molecule has 0 saturated carbocycles. The predicted octanol–water partition coefficient (Wildman–Crippen LogP) is 0.216. The Kier molecular flexibility index (Phi) is 4.94. The number of amides is 1. The summed E-state index contributed by atoms with van der Waals surface area (Å²) < 4.78 is 25.1. The molecule has 24 heavy (non-hydrogen) atoms. The zero-order valence-electron chi connectivity index (χ0n) is 14.0. The molecule has 0 bridgehead atoms. The SMILES string of the molecule is CS(=O)(=O)N1C[C@H]2CNC[C@@]2(C(=O)NCCCc2ccccc2)C1. The van der Waals surface area contributed by atoms with E-state index in [4.69, 9.17) is 0 Å². The van der Waals surface area contributed by atoms with Gasteiger partial charge in [0.2, 0.25) is 15.9 Å². The quantitative estimate of drug-likeness (QED) is 0.719. The molecule has 2 fully saturated rings. The van der Waals surface area contributed by atoms with Gasteiger partial charge in [0.05, 0.1) is 11.7 Å². The number of hydrogen-bond acceptors (Lipinski definition) is 4. The monoisotopic (exact) mass is 351 g/mol. The minimum atomic E-state index is -3.25. The molecule has 1 aromatic rings. The highest BCUT2D eigenvalue weighted by atomic mass is 32.2. The van der Waals surface area contributed by atoms with Gasteiger partial charge in [-0.15, -0.1) is 0 Å². The maximum atomic E-state index is 12.8. The van der Waals surface area contributed by atoms with Crippen LogP contribution in [0.2, 0.25) is 0 Å². The third kappa shape index (κ3) is 3.48. The largest absolute Gasteiger partial charge is 0.356 e. The highest BCUT2D eigenvalue weighted by Crippen LogP contribution is 2.40. The molecule has 0 aromatic heterocycles. The number of sulfonamides is 1. The van der Waals surface area contributed by atoms with Crippen LogP contribution in [-0.4, -0.2) is 57.6 Å². The van der Waals surface area contributed by atoms with Crippen molar-refractivity contribution in [2.24, 2.45) is 11.3 Å². The molecule has 0 spiro atoms. The van der Waals surface area contributed by atoms with Gasteiger partial charge >= 0.3 is 0 Å². The van der Waals surface area contributed by atoms with Gasteiger partial charge in [-0.1, -0.05) is 30.3 Å². The van der Waals surface area contributed by atoms with Gasteiger partial charge in [0, 0.05) is 38.6 Å². The van der Waals surface area contributed by atoms with Crippen LogP contribution in [0.15, 0.2) is 30.3 Å². The molecule has 0 unspecified atom stereocenters. The molecular formula is C17H25N3O3S. The summed E-state index contributed by atoms with van der Waals surface area (Å²) in [6.07, 6.45) is 3.01. The zero-order valence-corrected chi connectivity index (χ0v) is 14.8. The maximum absolute atomic E-state index is 12.8. The van der Waals surface area contributed by atoms with Crippen molar-refractivity contribution in [3.8, 4) is 0 Å². The smallest absolute Gasteiger partial charge is 0.229 e. The second-order valence-corrected chi connectivity index (χ2v) is 8.87. The normalized spacial score (nSPS) is 27.1. The Morgan fingerprint density at radius 1 is 1.38 bits per heavy atom. The molecule has 1 aromatic carbocycles. The van der Waals surface area contributed by atoms with E-state index in [0.717, 1.165) is 12.8 Å². The fourth-order valence-electron chi connectivity index (χ4n) is 3.76. The summed E-state index contributed by atoms with van der Waals surface area (Å²) in [5.74, 6) is 0.0399. The lowest BCUT2D eigenvalue weighted by atomic mass is 9.80. The molecule has 3 rings (SSSR count). The lowest BCUT2D eigenvalue weighted by molar-refractivity contribution is -0.130. The fourth-order valence-corrected chi connectivity index (χ4v) is 4.68. The highest BCUT2D eigenvalue weighted by Gasteiger charge is 2.56. The number of carbonyl (C=O) groups excluding carboxylic acids is 1. The van der Waals surface area contributed by atoms with E-state index in [1.807, 2.05) is 18.2 Å². The topological polar surface area (TPSA) is 78.5 Å². The predicted molar refractivity (Wildman–Crippen MR) is 93.0 cm³/mol. The summed E-state index contributed by atoms with van der Waals surface area (Å²) in [6, 6.07) is 10.2. The van der Waals surface area contributed by atoms with E-state index in [-0.39, 0.29) is 18.4 Å². The molecule has 2 aliphatic heterocycles. The molecule has 2 aliphatic rings. The van der Waals surface area contributed by atoms with Crippen LogP contribution in [-0.2, 0) is 21.2 Å². The Morgan fingerprint density at radius 3 is 2.83 bits per heavy atom. The average Bonchev–Trinajstić information content (AvgIpc) is 3.10. The van der Waals surface area contributed by atoms with Crippen molar-refractivity contribution in [3.05, 3.63) is 35.9 Å². The van der Waals surface area contributed by atoms with Crippen LogP contribution in [0.1, 0.15) is 12.0 Å².